The largest absolute Gasteiger partial charge is 0.484 e. The molecule has 0 saturated carbocycles. The van der Waals surface area contributed by atoms with Crippen molar-refractivity contribution in [1.29, 1.82) is 0 Å². The van der Waals surface area contributed by atoms with E-state index in [1.54, 1.807) is 30.5 Å². The first-order valence-electron chi connectivity index (χ1n) is 9.13. The highest BCUT2D eigenvalue weighted by atomic mass is 32.1. The van der Waals surface area contributed by atoms with Crippen LogP contribution in [0.2, 0.25) is 0 Å². The van der Waals surface area contributed by atoms with Gasteiger partial charge >= 0.3 is 0 Å². The van der Waals surface area contributed by atoms with Crippen molar-refractivity contribution >= 4 is 28.3 Å². The number of likely N-dealkylation sites (N-methyl/N-ethyl adjacent to an activating group) is 1. The summed E-state index contributed by atoms with van der Waals surface area (Å²) >= 11 is 1.22. The summed E-state index contributed by atoms with van der Waals surface area (Å²) in [5.74, 6) is -1.39. The third kappa shape index (κ3) is 6.08. The SMILES string of the molecule is CCNC(=O)COc1ccc(C(=O)Nc2ncc(Cc3cc(F)cc(F)c3)s2)cc1. The molecule has 3 rings (SSSR count). The maximum Gasteiger partial charge on any atom is 0.257 e. The summed E-state index contributed by atoms with van der Waals surface area (Å²) in [7, 11) is 0. The maximum atomic E-state index is 13.3. The molecule has 0 aliphatic heterocycles. The van der Waals surface area contributed by atoms with E-state index in [9.17, 15) is 18.4 Å². The molecule has 9 heteroatoms. The molecule has 0 radical (unpaired) electrons. The van der Waals surface area contributed by atoms with Gasteiger partial charge in [-0.15, -0.1) is 11.3 Å². The minimum absolute atomic E-state index is 0.101. The Morgan fingerprint density at radius 2 is 1.80 bits per heavy atom. The number of rotatable bonds is 8. The summed E-state index contributed by atoms with van der Waals surface area (Å²) in [6, 6.07) is 9.68. The quantitative estimate of drug-likeness (QED) is 0.569. The third-order valence-electron chi connectivity index (χ3n) is 3.94. The second-order valence-corrected chi connectivity index (χ2v) is 7.42. The number of carbonyl (C=O) groups is 2. The Kier molecular flexibility index (Phi) is 7.08. The van der Waals surface area contributed by atoms with E-state index >= 15 is 0 Å². The van der Waals surface area contributed by atoms with Gasteiger partial charge < -0.3 is 10.1 Å². The van der Waals surface area contributed by atoms with Crippen LogP contribution in [-0.2, 0) is 11.2 Å². The molecular weight excluding hydrogens is 412 g/mol. The van der Waals surface area contributed by atoms with Gasteiger partial charge in [0.1, 0.15) is 17.4 Å². The Morgan fingerprint density at radius 3 is 2.47 bits per heavy atom. The van der Waals surface area contributed by atoms with Gasteiger partial charge in [-0.3, -0.25) is 14.9 Å². The number of nitrogens with zero attached hydrogens (tertiary/aromatic N) is 1. The first kappa shape index (κ1) is 21.4. The summed E-state index contributed by atoms with van der Waals surface area (Å²) in [6.45, 7) is 2.24. The van der Waals surface area contributed by atoms with Gasteiger partial charge in [-0.2, -0.15) is 0 Å². The molecule has 0 fully saturated rings. The molecule has 6 nitrogen and oxygen atoms in total. The van der Waals surface area contributed by atoms with Crippen LogP contribution in [-0.4, -0.2) is 29.9 Å². The molecule has 30 heavy (non-hydrogen) atoms. The van der Waals surface area contributed by atoms with E-state index in [2.05, 4.69) is 15.6 Å². The van der Waals surface area contributed by atoms with Crippen molar-refractivity contribution in [3.05, 3.63) is 76.3 Å². The molecule has 0 aliphatic rings. The highest BCUT2D eigenvalue weighted by Crippen LogP contribution is 2.23. The van der Waals surface area contributed by atoms with Gasteiger partial charge in [0, 0.05) is 35.7 Å². The van der Waals surface area contributed by atoms with Crippen LogP contribution in [0.15, 0.2) is 48.7 Å². The van der Waals surface area contributed by atoms with E-state index in [1.165, 1.54) is 23.5 Å². The molecule has 0 atom stereocenters. The lowest BCUT2D eigenvalue weighted by molar-refractivity contribution is -0.122. The molecule has 1 aromatic heterocycles. The van der Waals surface area contributed by atoms with Crippen LogP contribution in [0.25, 0.3) is 0 Å². The minimum Gasteiger partial charge on any atom is -0.484 e. The fourth-order valence-corrected chi connectivity index (χ4v) is 3.47. The minimum atomic E-state index is -0.638. The molecule has 0 bridgehead atoms. The number of hydrogen-bond donors (Lipinski definition) is 2. The van der Waals surface area contributed by atoms with Crippen molar-refractivity contribution in [1.82, 2.24) is 10.3 Å². The first-order chi connectivity index (χ1) is 14.4. The zero-order valence-electron chi connectivity index (χ0n) is 16.1. The fourth-order valence-electron chi connectivity index (χ4n) is 2.63. The molecule has 1 heterocycles. The summed E-state index contributed by atoms with van der Waals surface area (Å²) in [5, 5.41) is 5.69. The number of aromatic nitrogens is 1. The van der Waals surface area contributed by atoms with Crippen molar-refractivity contribution in [3.8, 4) is 5.75 Å². The predicted octanol–water partition coefficient (Wildman–Crippen LogP) is 3.78. The van der Waals surface area contributed by atoms with Gasteiger partial charge in [0.2, 0.25) is 0 Å². The highest BCUT2D eigenvalue weighted by Gasteiger charge is 2.11. The zero-order chi connectivity index (χ0) is 21.5. The Balaban J connectivity index is 1.56. The van der Waals surface area contributed by atoms with Crippen molar-refractivity contribution in [2.75, 3.05) is 18.5 Å². The summed E-state index contributed by atoms with van der Waals surface area (Å²) in [6.07, 6.45) is 1.86. The zero-order valence-corrected chi connectivity index (χ0v) is 16.9. The summed E-state index contributed by atoms with van der Waals surface area (Å²) in [4.78, 5) is 28.7. The third-order valence-corrected chi connectivity index (χ3v) is 4.85. The van der Waals surface area contributed by atoms with Crippen molar-refractivity contribution < 1.29 is 23.1 Å². The fraction of sp³-hybridized carbons (Fsp3) is 0.190. The number of hydrogen-bond acceptors (Lipinski definition) is 5. The standard InChI is InChI=1S/C21H19F2N3O3S/c1-2-24-19(27)12-29-17-5-3-14(4-6-17)20(28)26-21-25-11-18(30-21)9-13-7-15(22)10-16(23)8-13/h3-8,10-11H,2,9,12H2,1H3,(H,24,27)(H,25,26,28). The van der Waals surface area contributed by atoms with E-state index in [1.807, 2.05) is 6.92 Å². The highest BCUT2D eigenvalue weighted by molar-refractivity contribution is 7.15. The van der Waals surface area contributed by atoms with E-state index in [0.29, 0.717) is 35.0 Å². The smallest absolute Gasteiger partial charge is 0.257 e. The Morgan fingerprint density at radius 1 is 1.10 bits per heavy atom. The molecule has 3 aromatic rings. The number of anilines is 1. The molecular formula is C21H19F2N3O3S. The number of carbonyl (C=O) groups excluding carboxylic acids is 2. The number of benzene rings is 2. The predicted molar refractivity (Wildman–Crippen MR) is 110 cm³/mol. The van der Waals surface area contributed by atoms with Gasteiger partial charge in [-0.25, -0.2) is 13.8 Å². The first-order valence-corrected chi connectivity index (χ1v) is 9.95. The summed E-state index contributed by atoms with van der Waals surface area (Å²) < 4.78 is 32.0. The van der Waals surface area contributed by atoms with Crippen molar-refractivity contribution in [3.63, 3.8) is 0 Å². The van der Waals surface area contributed by atoms with Crippen LogP contribution < -0.4 is 15.4 Å². The van der Waals surface area contributed by atoms with Crippen LogP contribution in [0.5, 0.6) is 5.75 Å². The van der Waals surface area contributed by atoms with Crippen molar-refractivity contribution in [2.45, 2.75) is 13.3 Å². The van der Waals surface area contributed by atoms with Crippen molar-refractivity contribution in [2.24, 2.45) is 0 Å². The molecule has 0 aliphatic carbocycles. The van der Waals surface area contributed by atoms with E-state index in [4.69, 9.17) is 4.74 Å². The van der Waals surface area contributed by atoms with Gasteiger partial charge in [0.05, 0.1) is 0 Å². The molecule has 2 amide bonds. The normalized spacial score (nSPS) is 10.5. The average Bonchev–Trinajstić information content (AvgIpc) is 3.13. The second-order valence-electron chi connectivity index (χ2n) is 6.31. The summed E-state index contributed by atoms with van der Waals surface area (Å²) in [5.41, 5.74) is 0.876. The molecule has 0 unspecified atom stereocenters. The topological polar surface area (TPSA) is 80.3 Å². The van der Waals surface area contributed by atoms with Crippen LogP contribution >= 0.6 is 11.3 Å². The number of halogens is 2. The molecule has 0 spiro atoms. The Labute approximate surface area is 175 Å². The van der Waals surface area contributed by atoms with Crippen LogP contribution in [0, 0.1) is 11.6 Å². The lowest BCUT2D eigenvalue weighted by Gasteiger charge is -2.07. The van der Waals surface area contributed by atoms with Crippen LogP contribution in [0.3, 0.4) is 0 Å². The lowest BCUT2D eigenvalue weighted by Crippen LogP contribution is -2.28. The molecule has 2 N–H and O–H groups in total. The van der Waals surface area contributed by atoms with Gasteiger partial charge in [0.15, 0.2) is 11.7 Å². The second kappa shape index (κ2) is 9.93. The monoisotopic (exact) mass is 431 g/mol. The maximum absolute atomic E-state index is 13.3. The van der Waals surface area contributed by atoms with Gasteiger partial charge in [0.25, 0.3) is 11.8 Å². The number of nitrogens with one attached hydrogen (secondary N) is 2. The van der Waals surface area contributed by atoms with Gasteiger partial charge in [-0.05, 0) is 48.9 Å². The number of ether oxygens (including phenoxy) is 1. The van der Waals surface area contributed by atoms with E-state index in [0.717, 1.165) is 10.9 Å². The van der Waals surface area contributed by atoms with Crippen LogP contribution in [0.1, 0.15) is 27.7 Å². The number of thiazole rings is 1. The average molecular weight is 431 g/mol. The van der Waals surface area contributed by atoms with Gasteiger partial charge in [-0.1, -0.05) is 0 Å². The van der Waals surface area contributed by atoms with E-state index < -0.39 is 11.6 Å². The van der Waals surface area contributed by atoms with Crippen LogP contribution in [0.4, 0.5) is 13.9 Å². The lowest BCUT2D eigenvalue weighted by atomic mass is 10.1. The number of amides is 2. The molecule has 2 aromatic carbocycles. The Bertz CT molecular complexity index is 1020. The Hall–Kier alpha value is -3.33. The molecule has 0 saturated heterocycles. The molecule has 156 valence electrons. The van der Waals surface area contributed by atoms with E-state index in [-0.39, 0.29) is 18.4 Å².